The Labute approximate surface area is 99.6 Å². The van der Waals surface area contributed by atoms with Crippen LogP contribution in [-0.4, -0.2) is 20.9 Å². The van der Waals surface area contributed by atoms with Crippen LogP contribution in [0, 0.1) is 0 Å². The van der Waals surface area contributed by atoms with E-state index in [1.54, 1.807) is 12.1 Å². The number of halogens is 3. The fourth-order valence-electron chi connectivity index (χ4n) is 2.07. The van der Waals surface area contributed by atoms with Crippen molar-refractivity contribution in [1.29, 1.82) is 0 Å². The lowest BCUT2D eigenvalue weighted by atomic mass is 10.0. The van der Waals surface area contributed by atoms with Crippen LogP contribution in [0.5, 0.6) is 0 Å². The molecule has 18 heavy (non-hydrogen) atoms. The van der Waals surface area contributed by atoms with E-state index >= 15 is 0 Å². The van der Waals surface area contributed by atoms with Gasteiger partial charge in [-0.05, 0) is 12.1 Å². The van der Waals surface area contributed by atoms with Gasteiger partial charge in [-0.3, -0.25) is 0 Å². The third-order valence-corrected chi connectivity index (χ3v) is 2.90. The Hall–Kier alpha value is -1.99. The molecule has 3 rings (SSSR count). The van der Waals surface area contributed by atoms with E-state index in [1.807, 2.05) is 0 Å². The van der Waals surface area contributed by atoms with E-state index in [2.05, 4.69) is 15.4 Å². The zero-order valence-corrected chi connectivity index (χ0v) is 9.05. The van der Waals surface area contributed by atoms with Crippen molar-refractivity contribution in [3.8, 4) is 0 Å². The molecule has 2 atom stereocenters. The summed E-state index contributed by atoms with van der Waals surface area (Å²) < 4.78 is 44.9. The molecule has 1 aliphatic rings. The average molecular weight is 258 g/mol. The fourth-order valence-corrected chi connectivity index (χ4v) is 2.07. The number of hydrogen-bond acceptors (Lipinski definition) is 4. The monoisotopic (exact) mass is 258 g/mol. The molecule has 2 aromatic heterocycles. The largest absolute Gasteiger partial charge is 0.467 e. The van der Waals surface area contributed by atoms with Crippen molar-refractivity contribution >= 4 is 5.95 Å². The molecule has 0 aromatic carbocycles. The van der Waals surface area contributed by atoms with Crippen LogP contribution in [0.4, 0.5) is 19.1 Å². The third-order valence-electron chi connectivity index (χ3n) is 2.90. The van der Waals surface area contributed by atoms with E-state index in [4.69, 9.17) is 4.42 Å². The molecule has 1 aliphatic heterocycles. The maximum atomic E-state index is 13.0. The van der Waals surface area contributed by atoms with Crippen molar-refractivity contribution in [2.24, 2.45) is 0 Å². The molecule has 1 N–H and O–H groups in total. The summed E-state index contributed by atoms with van der Waals surface area (Å²) in [6.45, 7) is 0. The number of fused-ring (bicyclic) bond motifs is 1. The summed E-state index contributed by atoms with van der Waals surface area (Å²) in [5, 5.41) is 6.49. The van der Waals surface area contributed by atoms with Gasteiger partial charge in [-0.25, -0.2) is 4.68 Å². The summed E-state index contributed by atoms with van der Waals surface area (Å²) in [5.74, 6) is 0.559. The smallest absolute Gasteiger partial charge is 0.411 e. The molecule has 96 valence electrons. The molecule has 8 heteroatoms. The van der Waals surface area contributed by atoms with Crippen molar-refractivity contribution < 1.29 is 17.6 Å². The molecule has 0 fully saturated rings. The average Bonchev–Trinajstić information content (AvgIpc) is 2.97. The topological polar surface area (TPSA) is 55.9 Å². The summed E-state index contributed by atoms with van der Waals surface area (Å²) in [6, 6.07) is 1.03. The highest BCUT2D eigenvalue weighted by Gasteiger charge is 2.47. The molecule has 3 heterocycles. The molecule has 0 saturated heterocycles. The van der Waals surface area contributed by atoms with Crippen molar-refractivity contribution in [2.45, 2.75) is 24.7 Å². The molecule has 2 unspecified atom stereocenters. The Balaban J connectivity index is 1.97. The number of alkyl halides is 3. The summed E-state index contributed by atoms with van der Waals surface area (Å²) in [7, 11) is 0. The van der Waals surface area contributed by atoms with Gasteiger partial charge in [0.2, 0.25) is 5.95 Å². The maximum Gasteiger partial charge on any atom is 0.411 e. The van der Waals surface area contributed by atoms with Crippen molar-refractivity contribution in [2.75, 3.05) is 5.32 Å². The molecule has 0 radical (unpaired) electrons. The van der Waals surface area contributed by atoms with E-state index in [9.17, 15) is 13.2 Å². The molecule has 0 saturated carbocycles. The van der Waals surface area contributed by atoms with Crippen LogP contribution in [0.25, 0.3) is 0 Å². The van der Waals surface area contributed by atoms with Gasteiger partial charge in [0.1, 0.15) is 12.1 Å². The van der Waals surface area contributed by atoms with Crippen LogP contribution in [0.15, 0.2) is 29.1 Å². The summed E-state index contributed by atoms with van der Waals surface area (Å²) in [4.78, 5) is 3.78. The summed E-state index contributed by atoms with van der Waals surface area (Å²) in [5.41, 5.74) is 0. The maximum absolute atomic E-state index is 13.0. The van der Waals surface area contributed by atoms with E-state index in [1.165, 1.54) is 6.26 Å². The molecule has 5 nitrogen and oxygen atoms in total. The van der Waals surface area contributed by atoms with E-state index in [0.717, 1.165) is 11.0 Å². The van der Waals surface area contributed by atoms with Gasteiger partial charge in [0.05, 0.1) is 12.3 Å². The zero-order chi connectivity index (χ0) is 12.8. The van der Waals surface area contributed by atoms with Gasteiger partial charge >= 0.3 is 6.18 Å². The molecule has 0 aliphatic carbocycles. The number of hydrogen-bond donors (Lipinski definition) is 1. The van der Waals surface area contributed by atoms with Gasteiger partial charge in [0.25, 0.3) is 0 Å². The van der Waals surface area contributed by atoms with Crippen LogP contribution in [-0.2, 0) is 0 Å². The summed E-state index contributed by atoms with van der Waals surface area (Å²) in [6.07, 6.45) is -2.01. The number of aromatic nitrogens is 3. The van der Waals surface area contributed by atoms with E-state index in [0.29, 0.717) is 5.76 Å². The molecule has 0 bridgehead atoms. The second-order valence-electron chi connectivity index (χ2n) is 4.03. The third kappa shape index (κ3) is 1.73. The number of anilines is 1. The highest BCUT2D eigenvalue weighted by atomic mass is 19.4. The Bertz CT molecular complexity index is 534. The highest BCUT2D eigenvalue weighted by Crippen LogP contribution is 2.42. The van der Waals surface area contributed by atoms with Crippen molar-refractivity contribution in [1.82, 2.24) is 14.8 Å². The standard InChI is InChI=1S/C10H9F3N4O/c11-10(12,13)8-4-6(7-2-1-3-18-7)16-9-14-5-15-17(8)9/h1-3,5-6,8H,4H2,(H,14,15,16). The van der Waals surface area contributed by atoms with Gasteiger partial charge in [-0.2, -0.15) is 23.3 Å². The van der Waals surface area contributed by atoms with Gasteiger partial charge in [0, 0.05) is 6.42 Å². The van der Waals surface area contributed by atoms with Crippen LogP contribution in [0.2, 0.25) is 0 Å². The predicted octanol–water partition coefficient (Wildman–Crippen LogP) is 2.53. The van der Waals surface area contributed by atoms with E-state index < -0.39 is 18.3 Å². The van der Waals surface area contributed by atoms with Crippen LogP contribution >= 0.6 is 0 Å². The van der Waals surface area contributed by atoms with Crippen molar-refractivity contribution in [3.05, 3.63) is 30.5 Å². The Morgan fingerprint density at radius 1 is 1.44 bits per heavy atom. The minimum Gasteiger partial charge on any atom is -0.467 e. The lowest BCUT2D eigenvalue weighted by Gasteiger charge is -2.31. The first-order valence-corrected chi connectivity index (χ1v) is 5.32. The molecule has 0 spiro atoms. The van der Waals surface area contributed by atoms with Gasteiger partial charge in [-0.1, -0.05) is 0 Å². The Morgan fingerprint density at radius 2 is 2.28 bits per heavy atom. The second kappa shape index (κ2) is 3.76. The Kier molecular flexibility index (Phi) is 2.32. The van der Waals surface area contributed by atoms with Crippen LogP contribution in [0.3, 0.4) is 0 Å². The first-order chi connectivity index (χ1) is 8.55. The van der Waals surface area contributed by atoms with E-state index in [-0.39, 0.29) is 12.4 Å². The number of rotatable bonds is 1. The summed E-state index contributed by atoms with van der Waals surface area (Å²) >= 11 is 0. The minimum absolute atomic E-state index is 0.102. The minimum atomic E-state index is -4.37. The van der Waals surface area contributed by atoms with Gasteiger partial charge in [0.15, 0.2) is 6.04 Å². The highest BCUT2D eigenvalue weighted by molar-refractivity contribution is 5.32. The van der Waals surface area contributed by atoms with Crippen molar-refractivity contribution in [3.63, 3.8) is 0 Å². The SMILES string of the molecule is FC(F)(F)C1CC(c2ccco2)Nc2ncnn21. The first-order valence-electron chi connectivity index (χ1n) is 5.32. The number of nitrogens with zero attached hydrogens (tertiary/aromatic N) is 3. The quantitative estimate of drug-likeness (QED) is 0.854. The van der Waals surface area contributed by atoms with Crippen LogP contribution < -0.4 is 5.32 Å². The fraction of sp³-hybridized carbons (Fsp3) is 0.400. The molecular formula is C10H9F3N4O. The molecular weight excluding hydrogens is 249 g/mol. The van der Waals surface area contributed by atoms with Gasteiger partial charge < -0.3 is 9.73 Å². The second-order valence-corrected chi connectivity index (χ2v) is 4.03. The molecule has 2 aromatic rings. The Morgan fingerprint density at radius 3 is 2.94 bits per heavy atom. The molecule has 0 amide bonds. The van der Waals surface area contributed by atoms with Gasteiger partial charge in [-0.15, -0.1) is 0 Å². The lowest BCUT2D eigenvalue weighted by Crippen LogP contribution is -2.35. The first kappa shape index (κ1) is 11.1. The lowest BCUT2D eigenvalue weighted by molar-refractivity contribution is -0.174. The predicted molar refractivity (Wildman–Crippen MR) is 54.8 cm³/mol. The number of nitrogens with one attached hydrogen (secondary N) is 1. The normalized spacial score (nSPS) is 23.5. The number of furan rings is 1. The zero-order valence-electron chi connectivity index (χ0n) is 9.05. The van der Waals surface area contributed by atoms with Crippen LogP contribution in [0.1, 0.15) is 24.3 Å².